The Morgan fingerprint density at radius 3 is 2.60 bits per heavy atom. The maximum atomic E-state index is 6.25. The van der Waals surface area contributed by atoms with Crippen LogP contribution >= 0.6 is 11.6 Å². The molecule has 0 aliphatic heterocycles. The smallest absolute Gasteiger partial charge is 0.163 e. The largest absolute Gasteiger partial charge is 0.493 e. The summed E-state index contributed by atoms with van der Waals surface area (Å²) in [5, 5.41) is 0.142. The lowest BCUT2D eigenvalue weighted by Crippen LogP contribution is -2.05. The summed E-state index contributed by atoms with van der Waals surface area (Å²) in [6.07, 6.45) is 6.59. The van der Waals surface area contributed by atoms with E-state index in [1.807, 2.05) is 12.1 Å². The normalized spacial score (nSPS) is 12.2. The Morgan fingerprint density at radius 1 is 1.15 bits per heavy atom. The summed E-state index contributed by atoms with van der Waals surface area (Å²) in [5.41, 5.74) is 1.13. The van der Waals surface area contributed by atoms with Crippen molar-refractivity contribution in [3.8, 4) is 11.5 Å². The van der Waals surface area contributed by atoms with E-state index in [1.165, 1.54) is 19.3 Å². The van der Waals surface area contributed by atoms with Gasteiger partial charge in [0.15, 0.2) is 11.5 Å². The van der Waals surface area contributed by atoms with Gasteiger partial charge >= 0.3 is 0 Å². The lowest BCUT2D eigenvalue weighted by Gasteiger charge is -2.15. The van der Waals surface area contributed by atoms with Crippen molar-refractivity contribution >= 4 is 11.6 Å². The highest BCUT2D eigenvalue weighted by molar-refractivity contribution is 6.20. The highest BCUT2D eigenvalue weighted by Crippen LogP contribution is 2.32. The van der Waals surface area contributed by atoms with Crippen molar-refractivity contribution in [3.05, 3.63) is 23.8 Å². The van der Waals surface area contributed by atoms with Gasteiger partial charge in [0.1, 0.15) is 0 Å². The number of halogens is 1. The Balaban J connectivity index is 2.63. The summed E-state index contributed by atoms with van der Waals surface area (Å²) < 4.78 is 11.4. The van der Waals surface area contributed by atoms with Crippen LogP contribution in [-0.4, -0.2) is 19.1 Å². The molecule has 114 valence electrons. The lowest BCUT2D eigenvalue weighted by molar-refractivity contribution is 0.284. The third-order valence-electron chi connectivity index (χ3n) is 3.40. The zero-order valence-corrected chi connectivity index (χ0v) is 13.7. The van der Waals surface area contributed by atoms with E-state index in [-0.39, 0.29) is 5.38 Å². The first-order valence-corrected chi connectivity index (χ1v) is 8.09. The maximum absolute atomic E-state index is 6.25. The number of alkyl halides is 1. The molecule has 0 fully saturated rings. The van der Waals surface area contributed by atoms with E-state index in [0.717, 1.165) is 42.9 Å². The van der Waals surface area contributed by atoms with Crippen molar-refractivity contribution in [1.82, 2.24) is 0 Å². The number of para-hydroxylation sites is 1. The molecule has 1 aromatic rings. The fourth-order valence-corrected chi connectivity index (χ4v) is 2.33. The molecule has 0 heterocycles. The van der Waals surface area contributed by atoms with Crippen LogP contribution in [0.5, 0.6) is 11.5 Å². The highest BCUT2D eigenvalue weighted by atomic mass is 35.5. The fraction of sp³-hybridized carbons (Fsp3) is 0.647. The Morgan fingerprint density at radius 2 is 1.95 bits per heavy atom. The second-order valence-electron chi connectivity index (χ2n) is 5.07. The van der Waals surface area contributed by atoms with Crippen molar-refractivity contribution in [2.24, 2.45) is 0 Å². The topological polar surface area (TPSA) is 18.5 Å². The molecule has 3 heteroatoms. The quantitative estimate of drug-likeness (QED) is 0.436. The van der Waals surface area contributed by atoms with Crippen LogP contribution in [0.15, 0.2) is 18.2 Å². The van der Waals surface area contributed by atoms with Crippen LogP contribution in [0.3, 0.4) is 0 Å². The Bertz CT molecular complexity index is 379. The van der Waals surface area contributed by atoms with Gasteiger partial charge < -0.3 is 9.47 Å². The molecule has 1 aromatic carbocycles. The first-order valence-electron chi connectivity index (χ1n) is 7.65. The number of hydrogen-bond donors (Lipinski definition) is 0. The van der Waals surface area contributed by atoms with E-state index in [2.05, 4.69) is 19.9 Å². The summed E-state index contributed by atoms with van der Waals surface area (Å²) >= 11 is 6.25. The number of unbranched alkanes of at least 4 members (excludes halogenated alkanes) is 3. The summed E-state index contributed by atoms with van der Waals surface area (Å²) in [5.74, 6) is 1.67. The molecule has 1 atom stereocenters. The van der Waals surface area contributed by atoms with Crippen molar-refractivity contribution < 1.29 is 9.47 Å². The number of rotatable bonds is 10. The molecule has 0 saturated heterocycles. The molecule has 0 aromatic heterocycles. The van der Waals surface area contributed by atoms with E-state index in [9.17, 15) is 0 Å². The Kier molecular flexibility index (Phi) is 8.52. The van der Waals surface area contributed by atoms with Crippen LogP contribution in [0, 0.1) is 0 Å². The van der Waals surface area contributed by atoms with E-state index < -0.39 is 0 Å². The number of ether oxygens (including phenoxy) is 2. The molecule has 0 amide bonds. The van der Waals surface area contributed by atoms with Crippen molar-refractivity contribution in [3.63, 3.8) is 0 Å². The monoisotopic (exact) mass is 298 g/mol. The molecule has 0 aliphatic rings. The van der Waals surface area contributed by atoms with Gasteiger partial charge in [0.25, 0.3) is 0 Å². The summed E-state index contributed by atoms with van der Waals surface area (Å²) in [7, 11) is 1.69. The molecular formula is C17H27ClO2. The Hall–Kier alpha value is -0.890. The molecule has 0 spiro atoms. The van der Waals surface area contributed by atoms with Gasteiger partial charge in [-0.2, -0.15) is 0 Å². The third kappa shape index (κ3) is 5.62. The minimum absolute atomic E-state index is 0.142. The van der Waals surface area contributed by atoms with Crippen molar-refractivity contribution in [2.45, 2.75) is 57.7 Å². The molecular weight excluding hydrogens is 272 g/mol. The predicted molar refractivity (Wildman–Crippen MR) is 86.3 cm³/mol. The standard InChI is InChI=1S/C17H27ClO2/c1-4-6-7-8-12-20-16-11-9-10-14(17(16)19-3)13-15(18)5-2/h9-11,15H,4-8,12-13H2,1-3H3. The molecule has 0 aliphatic carbocycles. The predicted octanol–water partition coefficient (Wildman–Crippen LogP) is 5.21. The first-order chi connectivity index (χ1) is 9.72. The average molecular weight is 299 g/mol. The van der Waals surface area contributed by atoms with E-state index in [0.29, 0.717) is 0 Å². The molecule has 0 radical (unpaired) electrons. The molecule has 1 unspecified atom stereocenters. The van der Waals surface area contributed by atoms with Crippen molar-refractivity contribution in [2.75, 3.05) is 13.7 Å². The van der Waals surface area contributed by atoms with Crippen LogP contribution < -0.4 is 9.47 Å². The lowest BCUT2D eigenvalue weighted by atomic mass is 10.1. The van der Waals surface area contributed by atoms with Crippen LogP contribution in [0.1, 0.15) is 51.5 Å². The second-order valence-corrected chi connectivity index (χ2v) is 5.68. The minimum Gasteiger partial charge on any atom is -0.493 e. The summed E-state index contributed by atoms with van der Waals surface area (Å²) in [6, 6.07) is 6.05. The maximum Gasteiger partial charge on any atom is 0.163 e. The van der Waals surface area contributed by atoms with Gasteiger partial charge in [0.2, 0.25) is 0 Å². The van der Waals surface area contributed by atoms with Crippen molar-refractivity contribution in [1.29, 1.82) is 0 Å². The summed E-state index contributed by atoms with van der Waals surface area (Å²) in [6.45, 7) is 5.06. The van der Waals surface area contributed by atoms with E-state index in [1.54, 1.807) is 7.11 Å². The van der Waals surface area contributed by atoms with Gasteiger partial charge in [0, 0.05) is 5.38 Å². The zero-order valence-electron chi connectivity index (χ0n) is 13.0. The third-order valence-corrected chi connectivity index (χ3v) is 3.87. The molecule has 0 N–H and O–H groups in total. The molecule has 20 heavy (non-hydrogen) atoms. The van der Waals surface area contributed by atoms with Gasteiger partial charge in [-0.25, -0.2) is 0 Å². The van der Waals surface area contributed by atoms with Gasteiger partial charge in [-0.1, -0.05) is 45.2 Å². The molecule has 0 bridgehead atoms. The van der Waals surface area contributed by atoms with Gasteiger partial charge in [-0.3, -0.25) is 0 Å². The van der Waals surface area contributed by atoms with Crippen LogP contribution in [-0.2, 0) is 6.42 Å². The fourth-order valence-electron chi connectivity index (χ4n) is 2.16. The Labute approximate surface area is 128 Å². The van der Waals surface area contributed by atoms with Gasteiger partial charge in [0.05, 0.1) is 13.7 Å². The SMILES string of the molecule is CCCCCCOc1cccc(CC(Cl)CC)c1OC. The zero-order chi connectivity index (χ0) is 14.8. The number of benzene rings is 1. The molecule has 0 saturated carbocycles. The average Bonchev–Trinajstić information content (AvgIpc) is 2.47. The minimum atomic E-state index is 0.142. The second kappa shape index (κ2) is 9.93. The van der Waals surface area contributed by atoms with Crippen LogP contribution in [0.25, 0.3) is 0 Å². The molecule has 2 nitrogen and oxygen atoms in total. The van der Waals surface area contributed by atoms with E-state index in [4.69, 9.17) is 21.1 Å². The summed E-state index contributed by atoms with van der Waals surface area (Å²) in [4.78, 5) is 0. The molecule has 1 rings (SSSR count). The highest BCUT2D eigenvalue weighted by Gasteiger charge is 2.13. The van der Waals surface area contributed by atoms with E-state index >= 15 is 0 Å². The van der Waals surface area contributed by atoms with Gasteiger partial charge in [-0.05, 0) is 30.9 Å². The van der Waals surface area contributed by atoms with Crippen LogP contribution in [0.2, 0.25) is 0 Å². The number of methoxy groups -OCH3 is 1. The first kappa shape index (κ1) is 17.2. The number of hydrogen-bond acceptors (Lipinski definition) is 2. The van der Waals surface area contributed by atoms with Crippen LogP contribution in [0.4, 0.5) is 0 Å². The van der Waals surface area contributed by atoms with Gasteiger partial charge in [-0.15, -0.1) is 11.6 Å².